The first-order valence-corrected chi connectivity index (χ1v) is 6.66. The summed E-state index contributed by atoms with van der Waals surface area (Å²) in [5.41, 5.74) is 5.62. The Morgan fingerprint density at radius 2 is 2.29 bits per heavy atom. The number of nitrogens with two attached hydrogens (primary N) is 1. The van der Waals surface area contributed by atoms with Crippen molar-refractivity contribution in [3.8, 4) is 0 Å². The minimum Gasteiger partial charge on any atom is -0.381 e. The van der Waals surface area contributed by atoms with Crippen LogP contribution in [-0.4, -0.2) is 43.7 Å². The molecule has 0 aromatic carbocycles. The largest absolute Gasteiger partial charge is 0.381 e. The van der Waals surface area contributed by atoms with Crippen LogP contribution in [0.3, 0.4) is 0 Å². The van der Waals surface area contributed by atoms with E-state index in [4.69, 9.17) is 10.5 Å². The minimum atomic E-state index is 0.133. The molecule has 0 spiro atoms. The van der Waals surface area contributed by atoms with Crippen molar-refractivity contribution in [2.45, 2.75) is 27.2 Å². The number of amides is 1. The van der Waals surface area contributed by atoms with E-state index in [0.717, 1.165) is 19.5 Å². The van der Waals surface area contributed by atoms with E-state index < -0.39 is 0 Å². The number of nitrogens with zero attached hydrogens (tertiary/aromatic N) is 1. The van der Waals surface area contributed by atoms with E-state index in [2.05, 4.69) is 13.8 Å². The van der Waals surface area contributed by atoms with Gasteiger partial charge in [-0.05, 0) is 31.7 Å². The summed E-state index contributed by atoms with van der Waals surface area (Å²) in [4.78, 5) is 14.4. The molecule has 0 saturated carbocycles. The van der Waals surface area contributed by atoms with Gasteiger partial charge in [0.25, 0.3) is 0 Å². The van der Waals surface area contributed by atoms with Gasteiger partial charge in [-0.15, -0.1) is 0 Å². The average molecular weight is 242 g/mol. The Hall–Kier alpha value is -0.610. The molecule has 0 aromatic heterocycles. The van der Waals surface area contributed by atoms with Gasteiger partial charge in [0.15, 0.2) is 0 Å². The molecule has 0 aliphatic carbocycles. The van der Waals surface area contributed by atoms with Crippen molar-refractivity contribution in [1.82, 2.24) is 4.90 Å². The zero-order valence-electron chi connectivity index (χ0n) is 11.3. The molecule has 4 heteroatoms. The summed E-state index contributed by atoms with van der Waals surface area (Å²) in [6.07, 6.45) is 0.855. The van der Waals surface area contributed by atoms with Crippen molar-refractivity contribution in [3.63, 3.8) is 0 Å². The van der Waals surface area contributed by atoms with E-state index in [0.29, 0.717) is 31.6 Å². The van der Waals surface area contributed by atoms with Crippen LogP contribution in [0.5, 0.6) is 0 Å². The summed E-state index contributed by atoms with van der Waals surface area (Å²) in [5.74, 6) is 1.12. The van der Waals surface area contributed by atoms with E-state index >= 15 is 0 Å². The molecule has 3 unspecified atom stereocenters. The highest BCUT2D eigenvalue weighted by Crippen LogP contribution is 2.23. The first-order valence-electron chi connectivity index (χ1n) is 6.66. The Bertz CT molecular complexity index is 246. The maximum absolute atomic E-state index is 12.4. The molecule has 0 radical (unpaired) electrons. The molecule has 1 aliphatic heterocycles. The maximum atomic E-state index is 12.4. The summed E-state index contributed by atoms with van der Waals surface area (Å²) >= 11 is 0. The molecule has 100 valence electrons. The first kappa shape index (κ1) is 14.5. The lowest BCUT2D eigenvalue weighted by Gasteiger charge is -2.33. The van der Waals surface area contributed by atoms with Gasteiger partial charge < -0.3 is 15.4 Å². The average Bonchev–Trinajstić information content (AvgIpc) is 2.35. The van der Waals surface area contributed by atoms with Gasteiger partial charge in [0.05, 0.1) is 0 Å². The first-order chi connectivity index (χ1) is 8.10. The number of hydrogen-bond donors (Lipinski definition) is 1. The Morgan fingerprint density at radius 1 is 1.59 bits per heavy atom. The molecular formula is C13H26N2O2. The van der Waals surface area contributed by atoms with Crippen LogP contribution in [0.4, 0.5) is 0 Å². The molecular weight excluding hydrogens is 216 g/mol. The van der Waals surface area contributed by atoms with Gasteiger partial charge >= 0.3 is 0 Å². The van der Waals surface area contributed by atoms with Crippen LogP contribution >= 0.6 is 0 Å². The van der Waals surface area contributed by atoms with Crippen LogP contribution in [0, 0.1) is 17.8 Å². The fraction of sp³-hybridized carbons (Fsp3) is 0.923. The molecule has 0 aromatic rings. The second-order valence-corrected chi connectivity index (χ2v) is 5.17. The van der Waals surface area contributed by atoms with Crippen LogP contribution in [0.15, 0.2) is 0 Å². The molecule has 1 aliphatic rings. The van der Waals surface area contributed by atoms with E-state index in [9.17, 15) is 4.79 Å². The molecule has 1 heterocycles. The molecule has 1 amide bonds. The van der Waals surface area contributed by atoms with E-state index in [1.807, 2.05) is 11.8 Å². The Labute approximate surface area is 104 Å². The second kappa shape index (κ2) is 6.97. The lowest BCUT2D eigenvalue weighted by atomic mass is 9.88. The fourth-order valence-corrected chi connectivity index (χ4v) is 2.31. The second-order valence-electron chi connectivity index (χ2n) is 5.17. The summed E-state index contributed by atoms with van der Waals surface area (Å²) in [7, 11) is 0. The summed E-state index contributed by atoms with van der Waals surface area (Å²) in [6, 6.07) is 0. The van der Waals surface area contributed by atoms with E-state index in [1.165, 1.54) is 0 Å². The van der Waals surface area contributed by atoms with Crippen molar-refractivity contribution in [2.24, 2.45) is 23.5 Å². The van der Waals surface area contributed by atoms with Gasteiger partial charge in [0.2, 0.25) is 5.91 Å². The third kappa shape index (κ3) is 3.96. The standard InChI is InChI=1S/C13H26N2O2/c1-4-15(8-10(2)7-14)13(16)12-5-6-17-9-11(12)3/h10-12H,4-9,14H2,1-3H3. The molecule has 0 bridgehead atoms. The van der Waals surface area contributed by atoms with Gasteiger partial charge in [-0.1, -0.05) is 13.8 Å². The van der Waals surface area contributed by atoms with Crippen molar-refractivity contribution >= 4 is 5.91 Å². The normalized spacial score (nSPS) is 26.6. The third-order valence-corrected chi connectivity index (χ3v) is 3.59. The maximum Gasteiger partial charge on any atom is 0.226 e. The topological polar surface area (TPSA) is 55.6 Å². The van der Waals surface area contributed by atoms with Crippen molar-refractivity contribution in [2.75, 3.05) is 32.8 Å². The Kier molecular flexibility index (Phi) is 5.92. The Morgan fingerprint density at radius 3 is 2.82 bits per heavy atom. The molecule has 4 nitrogen and oxygen atoms in total. The number of carbonyl (C=O) groups is 1. The van der Waals surface area contributed by atoms with Crippen LogP contribution in [0.2, 0.25) is 0 Å². The highest BCUT2D eigenvalue weighted by molar-refractivity contribution is 5.79. The minimum absolute atomic E-state index is 0.133. The van der Waals surface area contributed by atoms with Gasteiger partial charge in [-0.2, -0.15) is 0 Å². The zero-order valence-corrected chi connectivity index (χ0v) is 11.3. The van der Waals surface area contributed by atoms with Gasteiger partial charge in [-0.25, -0.2) is 0 Å². The summed E-state index contributed by atoms with van der Waals surface area (Å²) < 4.78 is 5.39. The van der Waals surface area contributed by atoms with Crippen LogP contribution in [-0.2, 0) is 9.53 Å². The van der Waals surface area contributed by atoms with Crippen molar-refractivity contribution in [3.05, 3.63) is 0 Å². The molecule has 1 rings (SSSR count). The molecule has 1 saturated heterocycles. The highest BCUT2D eigenvalue weighted by Gasteiger charge is 2.31. The zero-order chi connectivity index (χ0) is 12.8. The van der Waals surface area contributed by atoms with Crippen molar-refractivity contribution < 1.29 is 9.53 Å². The van der Waals surface area contributed by atoms with Crippen LogP contribution in [0.25, 0.3) is 0 Å². The SMILES string of the molecule is CCN(CC(C)CN)C(=O)C1CCOCC1C. The Balaban J connectivity index is 2.58. The molecule has 17 heavy (non-hydrogen) atoms. The summed E-state index contributed by atoms with van der Waals surface area (Å²) in [5, 5.41) is 0. The van der Waals surface area contributed by atoms with Gasteiger partial charge in [-0.3, -0.25) is 4.79 Å². The third-order valence-electron chi connectivity index (χ3n) is 3.59. The smallest absolute Gasteiger partial charge is 0.226 e. The van der Waals surface area contributed by atoms with Gasteiger partial charge in [0, 0.05) is 32.2 Å². The van der Waals surface area contributed by atoms with Crippen molar-refractivity contribution in [1.29, 1.82) is 0 Å². The predicted octanol–water partition coefficient (Wildman–Crippen LogP) is 1.10. The number of ether oxygens (including phenoxy) is 1. The quantitative estimate of drug-likeness (QED) is 0.785. The monoisotopic (exact) mass is 242 g/mol. The number of carbonyl (C=O) groups excluding carboxylic acids is 1. The number of rotatable bonds is 5. The number of hydrogen-bond acceptors (Lipinski definition) is 3. The predicted molar refractivity (Wildman–Crippen MR) is 68.6 cm³/mol. The molecule has 3 atom stereocenters. The lowest BCUT2D eigenvalue weighted by molar-refractivity contribution is -0.141. The summed E-state index contributed by atoms with van der Waals surface area (Å²) in [6.45, 7) is 9.82. The molecule has 2 N–H and O–H groups in total. The van der Waals surface area contributed by atoms with E-state index in [1.54, 1.807) is 0 Å². The fourth-order valence-electron chi connectivity index (χ4n) is 2.31. The highest BCUT2D eigenvalue weighted by atomic mass is 16.5. The van der Waals surface area contributed by atoms with Crippen LogP contribution < -0.4 is 5.73 Å². The lowest BCUT2D eigenvalue weighted by Crippen LogP contribution is -2.44. The van der Waals surface area contributed by atoms with Crippen LogP contribution in [0.1, 0.15) is 27.2 Å². The molecule has 1 fully saturated rings. The van der Waals surface area contributed by atoms with E-state index in [-0.39, 0.29) is 11.8 Å². The van der Waals surface area contributed by atoms with Gasteiger partial charge in [0.1, 0.15) is 0 Å².